The molecule has 15 heavy (non-hydrogen) atoms. The van der Waals surface area contributed by atoms with Gasteiger partial charge in [-0.05, 0) is 52.7 Å². The van der Waals surface area contributed by atoms with Crippen LogP contribution in [0.25, 0.3) is 0 Å². The van der Waals surface area contributed by atoms with Crippen molar-refractivity contribution in [3.05, 3.63) is 34.1 Å². The Kier molecular flexibility index (Phi) is 3.69. The van der Waals surface area contributed by atoms with E-state index in [0.717, 1.165) is 11.3 Å². The molecule has 1 aromatic carbocycles. The zero-order valence-electron chi connectivity index (χ0n) is 8.47. The van der Waals surface area contributed by atoms with Gasteiger partial charge in [0.1, 0.15) is 5.82 Å². The summed E-state index contributed by atoms with van der Waals surface area (Å²) in [6.45, 7) is 2.17. The summed E-state index contributed by atoms with van der Waals surface area (Å²) in [4.78, 5) is 0. The van der Waals surface area contributed by atoms with E-state index in [-0.39, 0.29) is 11.2 Å². The fraction of sp³-hybridized carbons (Fsp3) is 0.455. The number of hydrogen-bond donors (Lipinski definition) is 1. The number of nitrogens with one attached hydrogen (secondary N) is 1. The molecule has 2 rings (SSSR count). The fourth-order valence-electron chi connectivity index (χ4n) is 1.62. The van der Waals surface area contributed by atoms with Crippen molar-refractivity contribution >= 4 is 27.7 Å². The van der Waals surface area contributed by atoms with Gasteiger partial charge in [-0.25, -0.2) is 4.39 Å². The highest BCUT2D eigenvalue weighted by molar-refractivity contribution is 9.10. The van der Waals surface area contributed by atoms with Crippen LogP contribution in [0.2, 0.25) is 0 Å². The van der Waals surface area contributed by atoms with Crippen molar-refractivity contribution in [3.63, 3.8) is 0 Å². The van der Waals surface area contributed by atoms with Crippen LogP contribution in [0.4, 0.5) is 4.39 Å². The Balaban J connectivity index is 2.18. The van der Waals surface area contributed by atoms with Crippen molar-refractivity contribution in [2.75, 3.05) is 5.75 Å². The first-order chi connectivity index (χ1) is 7.16. The van der Waals surface area contributed by atoms with E-state index in [1.807, 2.05) is 17.8 Å². The third-order valence-corrected chi connectivity index (χ3v) is 4.37. The Hall–Kier alpha value is -0.0600. The van der Waals surface area contributed by atoms with Gasteiger partial charge in [0.15, 0.2) is 0 Å². The van der Waals surface area contributed by atoms with Gasteiger partial charge in [0.05, 0.1) is 9.85 Å². The van der Waals surface area contributed by atoms with Crippen LogP contribution >= 0.6 is 27.7 Å². The van der Waals surface area contributed by atoms with Crippen LogP contribution in [-0.4, -0.2) is 11.8 Å². The molecule has 0 radical (unpaired) electrons. The molecule has 0 aromatic heterocycles. The molecule has 2 atom stereocenters. The zero-order chi connectivity index (χ0) is 10.8. The van der Waals surface area contributed by atoms with Gasteiger partial charge < -0.3 is 0 Å². The van der Waals surface area contributed by atoms with Gasteiger partial charge in [-0.2, -0.15) is 0 Å². The molecule has 1 N–H and O–H groups in total. The highest BCUT2D eigenvalue weighted by Gasteiger charge is 2.20. The van der Waals surface area contributed by atoms with E-state index < -0.39 is 0 Å². The molecule has 1 fully saturated rings. The molecule has 4 heteroatoms. The first-order valence-electron chi connectivity index (χ1n) is 4.99. The molecule has 0 saturated carbocycles. The number of halogens is 2. The van der Waals surface area contributed by atoms with Crippen molar-refractivity contribution in [1.82, 2.24) is 5.32 Å². The summed E-state index contributed by atoms with van der Waals surface area (Å²) in [5, 5.41) is 3.69. The van der Waals surface area contributed by atoms with Crippen LogP contribution in [0.5, 0.6) is 0 Å². The van der Waals surface area contributed by atoms with Crippen LogP contribution in [0.3, 0.4) is 0 Å². The Morgan fingerprint density at radius 1 is 1.53 bits per heavy atom. The average molecular weight is 290 g/mol. The van der Waals surface area contributed by atoms with Gasteiger partial charge in [0.2, 0.25) is 0 Å². The number of thioether (sulfide) groups is 1. The summed E-state index contributed by atoms with van der Waals surface area (Å²) in [7, 11) is 0. The van der Waals surface area contributed by atoms with Gasteiger partial charge in [-0.3, -0.25) is 5.32 Å². The minimum atomic E-state index is -0.187. The molecule has 1 heterocycles. The van der Waals surface area contributed by atoms with Gasteiger partial charge in [0.25, 0.3) is 0 Å². The van der Waals surface area contributed by atoms with Crippen molar-refractivity contribution < 1.29 is 4.39 Å². The monoisotopic (exact) mass is 289 g/mol. The Morgan fingerprint density at radius 3 is 3.00 bits per heavy atom. The maximum Gasteiger partial charge on any atom is 0.137 e. The van der Waals surface area contributed by atoms with Crippen LogP contribution in [0.15, 0.2) is 22.7 Å². The number of rotatable bonds is 1. The van der Waals surface area contributed by atoms with Crippen LogP contribution in [0, 0.1) is 5.82 Å². The zero-order valence-corrected chi connectivity index (χ0v) is 10.9. The quantitative estimate of drug-likeness (QED) is 0.846. The molecule has 2 unspecified atom stereocenters. The van der Waals surface area contributed by atoms with Crippen molar-refractivity contribution in [2.24, 2.45) is 0 Å². The molecule has 1 aliphatic rings. The van der Waals surface area contributed by atoms with Crippen LogP contribution in [0.1, 0.15) is 24.3 Å². The Bertz CT molecular complexity index is 358. The SMILES string of the molecule is CC1CCSC(c2ccc(Br)c(F)c2)N1. The van der Waals surface area contributed by atoms with Crippen molar-refractivity contribution in [1.29, 1.82) is 0 Å². The topological polar surface area (TPSA) is 12.0 Å². The second-order valence-corrected chi connectivity index (χ2v) is 5.85. The van der Waals surface area contributed by atoms with Crippen molar-refractivity contribution in [2.45, 2.75) is 24.8 Å². The standard InChI is InChI=1S/C11H13BrFNS/c1-7-4-5-15-11(14-7)8-2-3-9(12)10(13)6-8/h2-3,6-7,11,14H,4-5H2,1H3. The van der Waals surface area contributed by atoms with E-state index in [1.165, 1.54) is 6.42 Å². The van der Waals surface area contributed by atoms with Crippen molar-refractivity contribution in [3.8, 4) is 0 Å². The lowest BCUT2D eigenvalue weighted by atomic mass is 10.2. The number of hydrogen-bond acceptors (Lipinski definition) is 2. The Labute approximate surface area is 102 Å². The van der Waals surface area contributed by atoms with Gasteiger partial charge >= 0.3 is 0 Å². The minimum Gasteiger partial charge on any atom is -0.299 e. The van der Waals surface area contributed by atoms with Gasteiger partial charge in [0, 0.05) is 6.04 Å². The highest BCUT2D eigenvalue weighted by Crippen LogP contribution is 2.32. The predicted octanol–water partition coefficient (Wildman–Crippen LogP) is 3.70. The minimum absolute atomic E-state index is 0.187. The summed E-state index contributed by atoms with van der Waals surface area (Å²) in [6, 6.07) is 5.86. The van der Waals surface area contributed by atoms with E-state index in [4.69, 9.17) is 0 Å². The molecule has 0 spiro atoms. The van der Waals surface area contributed by atoms with E-state index >= 15 is 0 Å². The second-order valence-electron chi connectivity index (χ2n) is 3.78. The smallest absolute Gasteiger partial charge is 0.137 e. The summed E-state index contributed by atoms with van der Waals surface area (Å²) >= 11 is 5.00. The highest BCUT2D eigenvalue weighted by atomic mass is 79.9. The first kappa shape index (κ1) is 11.4. The van der Waals surface area contributed by atoms with Crippen LogP contribution in [-0.2, 0) is 0 Å². The normalized spacial score (nSPS) is 26.6. The van der Waals surface area contributed by atoms with E-state index in [1.54, 1.807) is 12.1 Å². The van der Waals surface area contributed by atoms with E-state index in [2.05, 4.69) is 28.2 Å². The lowest BCUT2D eigenvalue weighted by Crippen LogP contribution is -2.33. The maximum atomic E-state index is 13.3. The fourth-order valence-corrected chi connectivity index (χ4v) is 3.26. The molecular formula is C11H13BrFNS. The largest absolute Gasteiger partial charge is 0.299 e. The third kappa shape index (κ3) is 2.74. The van der Waals surface area contributed by atoms with Gasteiger partial charge in [-0.1, -0.05) is 6.07 Å². The molecule has 1 aromatic rings. The summed E-state index contributed by atoms with van der Waals surface area (Å²) in [5.74, 6) is 0.949. The average Bonchev–Trinajstić information content (AvgIpc) is 2.22. The second kappa shape index (κ2) is 4.85. The first-order valence-corrected chi connectivity index (χ1v) is 6.83. The lowest BCUT2D eigenvalue weighted by Gasteiger charge is -2.28. The molecule has 1 saturated heterocycles. The predicted molar refractivity (Wildman–Crippen MR) is 66.5 cm³/mol. The van der Waals surface area contributed by atoms with Crippen LogP contribution < -0.4 is 5.32 Å². The van der Waals surface area contributed by atoms with E-state index in [0.29, 0.717) is 10.5 Å². The maximum absolute atomic E-state index is 13.3. The van der Waals surface area contributed by atoms with Gasteiger partial charge in [-0.15, -0.1) is 11.8 Å². The molecule has 1 nitrogen and oxygen atoms in total. The third-order valence-electron chi connectivity index (χ3n) is 2.52. The molecule has 82 valence electrons. The number of benzene rings is 1. The summed E-state index contributed by atoms with van der Waals surface area (Å²) in [6.07, 6.45) is 1.18. The lowest BCUT2D eigenvalue weighted by molar-refractivity contribution is 0.509. The summed E-state index contributed by atoms with van der Waals surface area (Å²) < 4.78 is 13.9. The van der Waals surface area contributed by atoms with E-state index in [9.17, 15) is 4.39 Å². The molecule has 1 aliphatic heterocycles. The molecule has 0 bridgehead atoms. The summed E-state index contributed by atoms with van der Waals surface area (Å²) in [5.41, 5.74) is 1.02. The molecular weight excluding hydrogens is 277 g/mol. The molecule has 0 aliphatic carbocycles. The molecule has 0 amide bonds. The Morgan fingerprint density at radius 2 is 2.33 bits per heavy atom.